The number of rotatable bonds is 8. The molecule has 3 rings (SSSR count). The van der Waals surface area contributed by atoms with Crippen LogP contribution in [0, 0.1) is 0 Å². The first-order chi connectivity index (χ1) is 13.1. The predicted octanol–water partition coefficient (Wildman–Crippen LogP) is 2.42. The number of methoxy groups -OCH3 is 1. The van der Waals surface area contributed by atoms with Gasteiger partial charge in [-0.05, 0) is 17.7 Å². The van der Waals surface area contributed by atoms with Crippen LogP contribution in [-0.2, 0) is 11.2 Å². The standard InChI is InChI=1S/C21H25N3O2S/c1-23(2)13-8-14-24(19(25)15-16-9-5-4-6-10-16)21-22-20-17(26-3)11-7-12-18(20)27-21/h4-7,9-12H,8,13-15H2,1-3H3/p+1. The molecule has 142 valence electrons. The Balaban J connectivity index is 1.88. The van der Waals surface area contributed by atoms with Crippen molar-refractivity contribution in [2.24, 2.45) is 0 Å². The molecule has 0 aliphatic heterocycles. The van der Waals surface area contributed by atoms with Crippen LogP contribution in [0.4, 0.5) is 5.13 Å². The van der Waals surface area contributed by atoms with Crippen LogP contribution in [-0.4, -0.2) is 45.2 Å². The van der Waals surface area contributed by atoms with Gasteiger partial charge in [0.15, 0.2) is 5.13 Å². The molecule has 27 heavy (non-hydrogen) atoms. The molecule has 1 heterocycles. The lowest BCUT2D eigenvalue weighted by Crippen LogP contribution is -3.05. The molecule has 0 spiro atoms. The van der Waals surface area contributed by atoms with E-state index >= 15 is 0 Å². The molecule has 1 N–H and O–H groups in total. The molecular weight excluding hydrogens is 358 g/mol. The maximum absolute atomic E-state index is 13.1. The van der Waals surface area contributed by atoms with Crippen LogP contribution in [0.3, 0.4) is 0 Å². The Bertz CT molecular complexity index is 893. The Morgan fingerprint density at radius 2 is 1.93 bits per heavy atom. The summed E-state index contributed by atoms with van der Waals surface area (Å²) in [5, 5.41) is 0.740. The van der Waals surface area contributed by atoms with E-state index in [9.17, 15) is 4.79 Å². The summed E-state index contributed by atoms with van der Waals surface area (Å²) in [6.45, 7) is 1.67. The van der Waals surface area contributed by atoms with Gasteiger partial charge in [0.05, 0.1) is 38.9 Å². The third kappa shape index (κ3) is 4.84. The first-order valence-corrected chi connectivity index (χ1v) is 9.97. The molecule has 6 heteroatoms. The van der Waals surface area contributed by atoms with Crippen molar-refractivity contribution in [2.45, 2.75) is 12.8 Å². The van der Waals surface area contributed by atoms with Gasteiger partial charge in [-0.25, -0.2) is 4.98 Å². The Labute approximate surface area is 164 Å². The number of carbonyl (C=O) groups excluding carboxylic acids is 1. The summed E-state index contributed by atoms with van der Waals surface area (Å²) < 4.78 is 6.45. The van der Waals surface area contributed by atoms with Gasteiger partial charge in [-0.1, -0.05) is 47.7 Å². The fraction of sp³-hybridized carbons (Fsp3) is 0.333. The Morgan fingerprint density at radius 3 is 2.63 bits per heavy atom. The number of benzene rings is 2. The van der Waals surface area contributed by atoms with Crippen molar-refractivity contribution in [3.63, 3.8) is 0 Å². The maximum Gasteiger partial charge on any atom is 0.233 e. The number of ether oxygens (including phenoxy) is 1. The van der Waals surface area contributed by atoms with Crippen LogP contribution in [0.15, 0.2) is 48.5 Å². The number of hydrogen-bond acceptors (Lipinski definition) is 4. The molecule has 0 saturated heterocycles. The van der Waals surface area contributed by atoms with Gasteiger partial charge < -0.3 is 9.64 Å². The first kappa shape index (κ1) is 19.3. The molecule has 0 saturated carbocycles. The minimum Gasteiger partial charge on any atom is -0.494 e. The zero-order valence-corrected chi connectivity index (χ0v) is 16.9. The molecule has 0 bridgehead atoms. The monoisotopic (exact) mass is 384 g/mol. The largest absolute Gasteiger partial charge is 0.494 e. The molecule has 1 aromatic heterocycles. The van der Waals surface area contributed by atoms with Crippen molar-refractivity contribution in [1.82, 2.24) is 4.98 Å². The van der Waals surface area contributed by atoms with E-state index in [1.807, 2.05) is 53.4 Å². The third-order valence-corrected chi connectivity index (χ3v) is 5.42. The number of nitrogens with zero attached hydrogens (tertiary/aromatic N) is 2. The average molecular weight is 385 g/mol. The van der Waals surface area contributed by atoms with E-state index in [1.54, 1.807) is 7.11 Å². The smallest absolute Gasteiger partial charge is 0.233 e. The third-order valence-electron chi connectivity index (χ3n) is 4.38. The maximum atomic E-state index is 13.1. The minimum atomic E-state index is 0.0768. The summed E-state index contributed by atoms with van der Waals surface area (Å²) in [5.74, 6) is 0.816. The molecule has 2 aromatic carbocycles. The van der Waals surface area contributed by atoms with E-state index in [2.05, 4.69) is 14.1 Å². The lowest BCUT2D eigenvalue weighted by Gasteiger charge is -2.20. The van der Waals surface area contributed by atoms with E-state index in [4.69, 9.17) is 9.72 Å². The molecule has 0 fully saturated rings. The van der Waals surface area contributed by atoms with Crippen LogP contribution in [0.5, 0.6) is 5.75 Å². The summed E-state index contributed by atoms with van der Waals surface area (Å²) in [6.07, 6.45) is 1.30. The molecule has 0 unspecified atom stereocenters. The van der Waals surface area contributed by atoms with Gasteiger partial charge in [0, 0.05) is 13.0 Å². The summed E-state index contributed by atoms with van der Waals surface area (Å²) in [6, 6.07) is 15.7. The zero-order chi connectivity index (χ0) is 19.2. The molecule has 0 radical (unpaired) electrons. The van der Waals surface area contributed by atoms with Crippen molar-refractivity contribution < 1.29 is 14.4 Å². The molecule has 5 nitrogen and oxygen atoms in total. The number of para-hydroxylation sites is 1. The summed E-state index contributed by atoms with van der Waals surface area (Å²) in [5.41, 5.74) is 1.83. The topological polar surface area (TPSA) is 46.9 Å². The highest BCUT2D eigenvalue weighted by Gasteiger charge is 2.21. The predicted molar refractivity (Wildman–Crippen MR) is 111 cm³/mol. The number of anilines is 1. The van der Waals surface area contributed by atoms with E-state index in [-0.39, 0.29) is 5.91 Å². The van der Waals surface area contributed by atoms with Gasteiger partial charge in [0.1, 0.15) is 11.3 Å². The van der Waals surface area contributed by atoms with Crippen LogP contribution >= 0.6 is 11.3 Å². The Hall–Kier alpha value is -2.44. The van der Waals surface area contributed by atoms with Gasteiger partial charge in [0.2, 0.25) is 5.91 Å². The Kier molecular flexibility index (Phi) is 6.42. The number of amides is 1. The van der Waals surface area contributed by atoms with Gasteiger partial charge in [-0.2, -0.15) is 0 Å². The number of thiazole rings is 1. The number of aromatic nitrogens is 1. The second kappa shape index (κ2) is 8.97. The van der Waals surface area contributed by atoms with Crippen molar-refractivity contribution in [2.75, 3.05) is 39.2 Å². The van der Waals surface area contributed by atoms with Gasteiger partial charge in [0.25, 0.3) is 0 Å². The fourth-order valence-corrected chi connectivity index (χ4v) is 4.00. The second-order valence-electron chi connectivity index (χ2n) is 6.82. The van der Waals surface area contributed by atoms with Crippen LogP contribution < -0.4 is 14.5 Å². The van der Waals surface area contributed by atoms with Gasteiger partial charge >= 0.3 is 0 Å². The minimum absolute atomic E-state index is 0.0768. The van der Waals surface area contributed by atoms with Crippen molar-refractivity contribution >= 4 is 32.6 Å². The molecule has 0 aliphatic rings. The van der Waals surface area contributed by atoms with Gasteiger partial charge in [-0.3, -0.25) is 9.69 Å². The number of nitrogens with one attached hydrogen (secondary N) is 1. The first-order valence-electron chi connectivity index (χ1n) is 9.15. The second-order valence-corrected chi connectivity index (χ2v) is 7.83. The van der Waals surface area contributed by atoms with Crippen LogP contribution in [0.25, 0.3) is 10.2 Å². The molecule has 0 aliphatic carbocycles. The molecular formula is C21H26N3O2S+. The number of carbonyl (C=O) groups is 1. The van der Waals surface area contributed by atoms with E-state index in [0.717, 1.165) is 39.6 Å². The SMILES string of the molecule is COc1cccc2sc(N(CCC[NH+](C)C)C(=O)Cc3ccccc3)nc12. The highest BCUT2D eigenvalue weighted by Crippen LogP contribution is 2.34. The lowest BCUT2D eigenvalue weighted by atomic mass is 10.1. The zero-order valence-electron chi connectivity index (χ0n) is 16.1. The molecule has 1 amide bonds. The van der Waals surface area contributed by atoms with Crippen molar-refractivity contribution in [3.8, 4) is 5.75 Å². The highest BCUT2D eigenvalue weighted by atomic mass is 32.1. The lowest BCUT2D eigenvalue weighted by molar-refractivity contribution is -0.858. The van der Waals surface area contributed by atoms with E-state index in [0.29, 0.717) is 13.0 Å². The number of fused-ring (bicyclic) bond motifs is 1. The Morgan fingerprint density at radius 1 is 1.15 bits per heavy atom. The highest BCUT2D eigenvalue weighted by molar-refractivity contribution is 7.22. The number of quaternary nitrogens is 1. The summed E-state index contributed by atoms with van der Waals surface area (Å²) in [7, 11) is 5.89. The fourth-order valence-electron chi connectivity index (χ4n) is 2.98. The summed E-state index contributed by atoms with van der Waals surface area (Å²) in [4.78, 5) is 21.0. The number of hydrogen-bond donors (Lipinski definition) is 1. The van der Waals surface area contributed by atoms with Crippen LogP contribution in [0.1, 0.15) is 12.0 Å². The van der Waals surface area contributed by atoms with E-state index in [1.165, 1.54) is 16.2 Å². The average Bonchev–Trinajstić information content (AvgIpc) is 3.09. The quantitative estimate of drug-likeness (QED) is 0.649. The molecule has 3 aromatic rings. The van der Waals surface area contributed by atoms with Gasteiger partial charge in [-0.15, -0.1) is 0 Å². The summed E-state index contributed by atoms with van der Waals surface area (Å²) >= 11 is 1.54. The molecule has 0 atom stereocenters. The van der Waals surface area contributed by atoms with Crippen molar-refractivity contribution in [1.29, 1.82) is 0 Å². The van der Waals surface area contributed by atoms with E-state index < -0.39 is 0 Å². The van der Waals surface area contributed by atoms with Crippen molar-refractivity contribution in [3.05, 3.63) is 54.1 Å². The van der Waals surface area contributed by atoms with Crippen LogP contribution in [0.2, 0.25) is 0 Å². The normalized spacial score (nSPS) is 11.1.